The Balaban J connectivity index is 0.000000305. The van der Waals surface area contributed by atoms with Crippen LogP contribution in [0.25, 0.3) is 0 Å². The Hall–Kier alpha value is -9.12. The predicted molar refractivity (Wildman–Crippen MR) is 263 cm³/mol. The quantitative estimate of drug-likeness (QED) is 0.0526. The van der Waals surface area contributed by atoms with E-state index in [1.165, 1.54) is 17.0 Å². The Morgan fingerprint density at radius 3 is 1.87 bits per heavy atom. The maximum absolute atomic E-state index is 13.6. The lowest BCUT2D eigenvalue weighted by molar-refractivity contribution is -0.142. The van der Waals surface area contributed by atoms with E-state index in [0.29, 0.717) is 29.8 Å². The molecule has 1 aliphatic heterocycles. The van der Waals surface area contributed by atoms with Gasteiger partial charge in [-0.15, -0.1) is 0 Å². The summed E-state index contributed by atoms with van der Waals surface area (Å²) in [4.78, 5) is 82.5. The van der Waals surface area contributed by atoms with Gasteiger partial charge >= 0.3 is 24.1 Å². The first kappa shape index (κ1) is 50.3. The fourth-order valence-electron chi connectivity index (χ4n) is 7.39. The fraction of sp³-hybridized carbons (Fsp3) is 0.170. The number of fused-ring (bicyclic) bond motifs is 1. The number of aromatic carboxylic acids is 1. The second-order valence-corrected chi connectivity index (χ2v) is 15.9. The third-order valence-corrected chi connectivity index (χ3v) is 11.2. The highest BCUT2D eigenvalue weighted by molar-refractivity contribution is 6.10. The first-order valence-corrected chi connectivity index (χ1v) is 21.9. The smallest absolute Gasteiger partial charge is 0.435 e. The van der Waals surface area contributed by atoms with Gasteiger partial charge in [-0.1, -0.05) is 121 Å². The number of aliphatic carboxylic acids is 1. The lowest BCUT2D eigenvalue weighted by Crippen LogP contribution is -2.46. The van der Waals surface area contributed by atoms with Crippen LogP contribution in [0.15, 0.2) is 163 Å². The minimum absolute atomic E-state index is 0.0390. The number of carbonyl (C=O) groups excluding carboxylic acids is 4. The summed E-state index contributed by atoms with van der Waals surface area (Å²) >= 11 is 0. The maximum atomic E-state index is 13.6. The first-order chi connectivity index (χ1) is 33.7. The molecule has 6 aromatic carbocycles. The van der Waals surface area contributed by atoms with E-state index >= 15 is 0 Å². The number of hydrogen-bond acceptors (Lipinski definition) is 10. The molecule has 4 amide bonds. The van der Waals surface area contributed by atoms with Gasteiger partial charge in [0, 0.05) is 55.2 Å². The van der Waals surface area contributed by atoms with Gasteiger partial charge in [-0.2, -0.15) is 4.99 Å². The standard InChI is InChI=1S/C37H37N5O6.C16H14N2O4/c1-40(35(45)28-15-13-27(14-16-28)34(38)39-37(47)48-24-26-11-7-4-8-12-26)30-17-18-31-29(21-30)23-42(20-19-25-9-5-3-6-10-25)36(46)32(41(31)2)22-33(43)44;17-14(12-8-4-5-9-13(12)15(19)20)18-16(21)22-10-11-6-2-1-3-7-11/h3-18,21,32H,19-20,22-24H2,1-2H3,(H,43,44)(H2,38,39,47);1-9H,10H2,(H,19,20)(H2,17,18,21). The van der Waals surface area contributed by atoms with Crippen LogP contribution in [0.4, 0.5) is 21.0 Å². The third kappa shape index (κ3) is 13.7. The Kier molecular flexibility index (Phi) is 17.3. The number of hydrogen-bond donors (Lipinski definition) is 5. The number of nitrogens with zero attached hydrogens (tertiary/aromatic N) is 4. The fourth-order valence-corrected chi connectivity index (χ4v) is 7.39. The number of amides is 4. The maximum Gasteiger partial charge on any atom is 0.435 e. The zero-order valence-corrected chi connectivity index (χ0v) is 38.4. The average Bonchev–Trinajstić information content (AvgIpc) is 3.47. The van der Waals surface area contributed by atoms with Crippen LogP contribution < -0.4 is 20.9 Å². The van der Waals surface area contributed by atoms with Crippen molar-refractivity contribution < 1.29 is 48.5 Å². The molecule has 0 bridgehead atoms. The van der Waals surface area contributed by atoms with Gasteiger partial charge in [-0.25, -0.2) is 14.4 Å². The molecular weight excluding hydrogens is 895 g/mol. The lowest BCUT2D eigenvalue weighted by atomic mass is 10.1. The highest BCUT2D eigenvalue weighted by Crippen LogP contribution is 2.32. The molecule has 0 spiro atoms. The van der Waals surface area contributed by atoms with E-state index in [1.807, 2.05) is 91.0 Å². The van der Waals surface area contributed by atoms with Gasteiger partial charge in [-0.3, -0.25) is 25.1 Å². The molecule has 1 unspecified atom stereocenters. The molecule has 6 N–H and O–H groups in total. The van der Waals surface area contributed by atoms with Crippen LogP contribution in [-0.2, 0) is 45.2 Å². The number of carboxylic acids is 2. The van der Waals surface area contributed by atoms with Crippen molar-refractivity contribution in [3.8, 4) is 0 Å². The number of amidine groups is 2. The molecule has 1 aliphatic rings. The molecule has 7 rings (SSSR count). The SMILES string of the molecule is CN(C(=O)c1ccc(C(N)=NC(=O)OCc2ccccc2)cc1)c1ccc2c(c1)CN(CCc1ccccc1)C(=O)C(CC(=O)O)N2C.N=C(NC(=O)OCc1ccccc1)c1ccccc1C(=O)O. The summed E-state index contributed by atoms with van der Waals surface area (Å²) in [6.45, 7) is 0.813. The zero-order valence-electron chi connectivity index (χ0n) is 38.4. The van der Waals surface area contributed by atoms with Gasteiger partial charge in [0.1, 0.15) is 30.9 Å². The van der Waals surface area contributed by atoms with Crippen LogP contribution in [0.3, 0.4) is 0 Å². The summed E-state index contributed by atoms with van der Waals surface area (Å²) in [6, 6.07) is 45.0. The minimum Gasteiger partial charge on any atom is -0.481 e. The summed E-state index contributed by atoms with van der Waals surface area (Å²) in [5.41, 5.74) is 11.8. The van der Waals surface area contributed by atoms with Crippen LogP contribution in [0.1, 0.15) is 60.5 Å². The van der Waals surface area contributed by atoms with E-state index in [9.17, 15) is 33.9 Å². The number of alkyl carbamates (subject to hydrolysis) is 1. The van der Waals surface area contributed by atoms with Crippen molar-refractivity contribution in [3.63, 3.8) is 0 Å². The molecule has 0 saturated carbocycles. The number of nitrogens with one attached hydrogen (secondary N) is 2. The topological polar surface area (TPSA) is 245 Å². The Labute approximate surface area is 403 Å². The van der Waals surface area contributed by atoms with Crippen molar-refractivity contribution in [2.75, 3.05) is 30.4 Å². The molecule has 0 aliphatic carbocycles. The van der Waals surface area contributed by atoms with Crippen LogP contribution in [0, 0.1) is 5.41 Å². The van der Waals surface area contributed by atoms with Crippen LogP contribution in [0.5, 0.6) is 0 Å². The summed E-state index contributed by atoms with van der Waals surface area (Å²) in [7, 11) is 3.38. The number of carboxylic acid groups (broad SMARTS) is 2. The third-order valence-electron chi connectivity index (χ3n) is 11.2. The number of carbonyl (C=O) groups is 6. The summed E-state index contributed by atoms with van der Waals surface area (Å²) < 4.78 is 10.1. The van der Waals surface area contributed by atoms with Crippen molar-refractivity contribution in [1.82, 2.24) is 10.2 Å². The second-order valence-electron chi connectivity index (χ2n) is 15.9. The van der Waals surface area contributed by atoms with Gasteiger partial charge in [0.2, 0.25) is 5.91 Å². The lowest BCUT2D eigenvalue weighted by Gasteiger charge is -2.29. The summed E-state index contributed by atoms with van der Waals surface area (Å²) in [5.74, 6) is -3.14. The average molecular weight is 946 g/mol. The normalized spacial score (nSPS) is 13.1. The number of nitrogens with two attached hydrogens (primary N) is 1. The Morgan fingerprint density at radius 2 is 1.29 bits per heavy atom. The van der Waals surface area contributed by atoms with Crippen LogP contribution in [-0.4, -0.2) is 89.4 Å². The number of ether oxygens (including phenoxy) is 2. The van der Waals surface area contributed by atoms with Gasteiger partial charge < -0.3 is 40.1 Å². The summed E-state index contributed by atoms with van der Waals surface area (Å²) in [5, 5.41) is 28.7. The Bertz CT molecular complexity index is 2860. The van der Waals surface area contributed by atoms with Crippen molar-refractivity contribution in [2.24, 2.45) is 10.7 Å². The molecule has 0 fully saturated rings. The van der Waals surface area contributed by atoms with E-state index < -0.39 is 30.2 Å². The zero-order chi connectivity index (χ0) is 50.2. The number of likely N-dealkylation sites (N-methyl/N-ethyl adjacent to an activating group) is 1. The Morgan fingerprint density at radius 1 is 0.743 bits per heavy atom. The molecule has 0 aromatic heterocycles. The minimum atomic E-state index is -1.17. The summed E-state index contributed by atoms with van der Waals surface area (Å²) in [6.07, 6.45) is -1.35. The first-order valence-electron chi connectivity index (χ1n) is 21.9. The molecule has 1 heterocycles. The molecule has 70 heavy (non-hydrogen) atoms. The molecule has 1 atom stereocenters. The van der Waals surface area contributed by atoms with Gasteiger partial charge in [0.15, 0.2) is 0 Å². The van der Waals surface area contributed by atoms with E-state index in [1.54, 1.807) is 78.5 Å². The van der Waals surface area contributed by atoms with Crippen molar-refractivity contribution in [2.45, 2.75) is 38.6 Å². The number of benzene rings is 6. The molecule has 358 valence electrons. The molecule has 0 radical (unpaired) electrons. The predicted octanol–water partition coefficient (Wildman–Crippen LogP) is 7.51. The highest BCUT2D eigenvalue weighted by Gasteiger charge is 2.35. The van der Waals surface area contributed by atoms with Crippen molar-refractivity contribution in [3.05, 3.63) is 202 Å². The van der Waals surface area contributed by atoms with E-state index in [2.05, 4.69) is 10.3 Å². The molecule has 6 aromatic rings. The number of rotatable bonds is 14. The molecule has 17 nitrogen and oxygen atoms in total. The van der Waals surface area contributed by atoms with Crippen LogP contribution >= 0.6 is 0 Å². The van der Waals surface area contributed by atoms with Gasteiger partial charge in [-0.05, 0) is 65.1 Å². The van der Waals surface area contributed by atoms with E-state index in [-0.39, 0.29) is 60.8 Å². The van der Waals surface area contributed by atoms with Gasteiger partial charge in [0.05, 0.1) is 12.0 Å². The van der Waals surface area contributed by atoms with Crippen molar-refractivity contribution in [1.29, 1.82) is 5.41 Å². The number of aliphatic imine (C=N–C) groups is 1. The van der Waals surface area contributed by atoms with Gasteiger partial charge in [0.25, 0.3) is 5.91 Å². The molecular formula is C53H51N7O10. The second kappa shape index (κ2) is 24.1. The van der Waals surface area contributed by atoms with E-state index in [0.717, 1.165) is 27.9 Å². The molecule has 17 heteroatoms. The van der Waals surface area contributed by atoms with Crippen LogP contribution in [0.2, 0.25) is 0 Å². The number of anilines is 2. The highest BCUT2D eigenvalue weighted by atomic mass is 16.6. The van der Waals surface area contributed by atoms with E-state index in [4.69, 9.17) is 25.7 Å². The largest absolute Gasteiger partial charge is 0.481 e. The monoisotopic (exact) mass is 945 g/mol. The molecule has 0 saturated heterocycles. The van der Waals surface area contributed by atoms with Crippen molar-refractivity contribution >= 4 is 59.0 Å².